The lowest BCUT2D eigenvalue weighted by Crippen LogP contribution is -2.18. The Balaban J connectivity index is 1.79. The molecule has 0 atom stereocenters. The second-order valence-corrected chi connectivity index (χ2v) is 8.28. The Morgan fingerprint density at radius 3 is 1.55 bits per heavy atom. The van der Waals surface area contributed by atoms with E-state index in [1.54, 1.807) is 0 Å². The van der Waals surface area contributed by atoms with Crippen LogP contribution in [0, 0.1) is 29.1 Å². The van der Waals surface area contributed by atoms with E-state index in [0.717, 1.165) is 10.6 Å². The summed E-state index contributed by atoms with van der Waals surface area (Å²) < 4.78 is 71.5. The summed E-state index contributed by atoms with van der Waals surface area (Å²) in [4.78, 5) is 12.1. The molecule has 29 heavy (non-hydrogen) atoms. The monoisotopic (exact) mass is 424 g/mol. The molecular weight excluding hydrogens is 410 g/mol. The van der Waals surface area contributed by atoms with E-state index >= 15 is 0 Å². The van der Waals surface area contributed by atoms with Gasteiger partial charge in [-0.1, -0.05) is 60.7 Å². The fraction of sp³-hybridized carbons (Fsp3) is 0.0952. The van der Waals surface area contributed by atoms with Gasteiger partial charge in [0.15, 0.2) is 0 Å². The van der Waals surface area contributed by atoms with Crippen molar-refractivity contribution < 1.29 is 31.5 Å². The van der Waals surface area contributed by atoms with Crippen LogP contribution in [0.5, 0.6) is 5.75 Å². The number of ether oxygens (including phenoxy) is 1. The maximum atomic E-state index is 13.7. The highest BCUT2D eigenvalue weighted by molar-refractivity contribution is 7.73. The Morgan fingerprint density at radius 1 is 0.690 bits per heavy atom. The van der Waals surface area contributed by atoms with Gasteiger partial charge in [-0.25, -0.2) is 13.2 Å². The molecule has 0 fully saturated rings. The SMILES string of the molecule is O=C(CCP(c1ccccc1)c1ccccc1)Oc1c(F)c(F)c(F)c(F)c1F. The lowest BCUT2D eigenvalue weighted by molar-refractivity contribution is -0.134. The van der Waals surface area contributed by atoms with Gasteiger partial charge in [-0.3, -0.25) is 4.79 Å². The van der Waals surface area contributed by atoms with Crippen LogP contribution in [-0.4, -0.2) is 12.1 Å². The summed E-state index contributed by atoms with van der Waals surface area (Å²) in [6.07, 6.45) is 0.00652. The first-order valence-electron chi connectivity index (χ1n) is 8.50. The van der Waals surface area contributed by atoms with Gasteiger partial charge < -0.3 is 4.74 Å². The van der Waals surface area contributed by atoms with Crippen molar-refractivity contribution >= 4 is 24.5 Å². The first-order chi connectivity index (χ1) is 13.9. The van der Waals surface area contributed by atoms with Gasteiger partial charge in [0.1, 0.15) is 0 Å². The lowest BCUT2D eigenvalue weighted by atomic mass is 10.2. The number of benzene rings is 3. The molecule has 0 bridgehead atoms. The van der Waals surface area contributed by atoms with Crippen LogP contribution < -0.4 is 15.3 Å². The molecule has 0 aromatic heterocycles. The van der Waals surface area contributed by atoms with Crippen LogP contribution in [0.2, 0.25) is 0 Å². The molecule has 3 rings (SSSR count). The van der Waals surface area contributed by atoms with Crippen molar-refractivity contribution in [1.29, 1.82) is 0 Å². The maximum absolute atomic E-state index is 13.7. The highest BCUT2D eigenvalue weighted by Crippen LogP contribution is 2.35. The minimum Gasteiger partial charge on any atom is -0.420 e. The molecule has 0 heterocycles. The molecule has 0 saturated carbocycles. The van der Waals surface area contributed by atoms with Crippen LogP contribution in [0.1, 0.15) is 6.42 Å². The fourth-order valence-electron chi connectivity index (χ4n) is 2.67. The lowest BCUT2D eigenvalue weighted by Gasteiger charge is -2.18. The van der Waals surface area contributed by atoms with Crippen molar-refractivity contribution in [2.45, 2.75) is 6.42 Å². The molecule has 0 amide bonds. The van der Waals surface area contributed by atoms with Gasteiger partial charge >= 0.3 is 5.97 Å². The summed E-state index contributed by atoms with van der Waals surface area (Å²) in [6, 6.07) is 18.7. The van der Waals surface area contributed by atoms with E-state index in [-0.39, 0.29) is 12.6 Å². The highest BCUT2D eigenvalue weighted by atomic mass is 31.1. The van der Waals surface area contributed by atoms with Crippen LogP contribution in [0.3, 0.4) is 0 Å². The standard InChI is InChI=1S/C21H14F5O2P/c22-16-17(23)19(25)21(20(26)18(16)24)28-15(27)11-12-29(13-7-3-1-4-8-13)14-9-5-2-6-10-14/h1-10H,11-12H2. The van der Waals surface area contributed by atoms with E-state index in [1.165, 1.54) is 0 Å². The largest absolute Gasteiger partial charge is 0.420 e. The van der Waals surface area contributed by atoms with Crippen molar-refractivity contribution in [2.24, 2.45) is 0 Å². The predicted octanol–water partition coefficient (Wildman–Crippen LogP) is 4.81. The second-order valence-electron chi connectivity index (χ2n) is 5.95. The number of carbonyl (C=O) groups excluding carboxylic acids is 1. The number of hydrogen-bond donors (Lipinski definition) is 0. The van der Waals surface area contributed by atoms with Crippen LogP contribution in [-0.2, 0) is 4.79 Å². The van der Waals surface area contributed by atoms with Crippen molar-refractivity contribution in [3.8, 4) is 5.75 Å². The zero-order valence-electron chi connectivity index (χ0n) is 14.8. The van der Waals surface area contributed by atoms with Gasteiger partial charge in [0.25, 0.3) is 0 Å². The van der Waals surface area contributed by atoms with Gasteiger partial charge in [-0.15, -0.1) is 0 Å². The zero-order valence-corrected chi connectivity index (χ0v) is 15.7. The van der Waals surface area contributed by atoms with Crippen LogP contribution in [0.4, 0.5) is 22.0 Å². The number of rotatable bonds is 6. The van der Waals surface area contributed by atoms with E-state index in [4.69, 9.17) is 0 Å². The highest BCUT2D eigenvalue weighted by Gasteiger charge is 2.28. The molecule has 3 aromatic rings. The molecule has 0 unspecified atom stereocenters. The summed E-state index contributed by atoms with van der Waals surface area (Å²) in [5.74, 6) is -13.7. The first kappa shape index (κ1) is 20.9. The van der Waals surface area contributed by atoms with Gasteiger partial charge in [-0.2, -0.15) is 8.78 Å². The van der Waals surface area contributed by atoms with Crippen molar-refractivity contribution in [2.75, 3.05) is 6.16 Å². The molecule has 8 heteroatoms. The number of esters is 1. The Kier molecular flexibility index (Phi) is 6.60. The predicted molar refractivity (Wildman–Crippen MR) is 100 cm³/mol. The molecule has 0 radical (unpaired) electrons. The zero-order chi connectivity index (χ0) is 21.0. The Hall–Kier alpha value is -2.79. The van der Waals surface area contributed by atoms with Crippen LogP contribution in [0.15, 0.2) is 60.7 Å². The van der Waals surface area contributed by atoms with Gasteiger partial charge in [0, 0.05) is 0 Å². The van der Waals surface area contributed by atoms with E-state index in [0.29, 0.717) is 0 Å². The average molecular weight is 424 g/mol. The molecule has 0 aliphatic carbocycles. The minimum absolute atomic E-state index is 0.269. The summed E-state index contributed by atoms with van der Waals surface area (Å²) in [7, 11) is -0.987. The molecule has 0 spiro atoms. The molecule has 150 valence electrons. The van der Waals surface area contributed by atoms with Crippen LogP contribution >= 0.6 is 7.92 Å². The average Bonchev–Trinajstić information content (AvgIpc) is 2.75. The first-order valence-corrected chi connectivity index (χ1v) is 10.0. The quantitative estimate of drug-likeness (QED) is 0.142. The van der Waals surface area contributed by atoms with Gasteiger partial charge in [0.05, 0.1) is 6.42 Å². The molecule has 0 saturated heterocycles. The van der Waals surface area contributed by atoms with Crippen molar-refractivity contribution in [1.82, 2.24) is 0 Å². The molecule has 0 aliphatic rings. The normalized spacial score (nSPS) is 11.0. The van der Waals surface area contributed by atoms with E-state index in [1.807, 2.05) is 60.7 Å². The van der Waals surface area contributed by atoms with Gasteiger partial charge in [0.2, 0.25) is 34.8 Å². The van der Waals surface area contributed by atoms with Gasteiger partial charge in [-0.05, 0) is 24.7 Å². The molecular formula is C21H14F5O2P. The van der Waals surface area contributed by atoms with Crippen molar-refractivity contribution in [3.05, 3.63) is 89.7 Å². The number of carbonyl (C=O) groups is 1. The summed E-state index contributed by atoms with van der Waals surface area (Å²) in [5, 5.41) is 1.94. The fourth-order valence-corrected chi connectivity index (χ4v) is 4.95. The number of halogens is 5. The summed E-state index contributed by atoms with van der Waals surface area (Å²) in [5.41, 5.74) is 0. The topological polar surface area (TPSA) is 26.3 Å². The minimum atomic E-state index is -2.31. The van der Waals surface area contributed by atoms with Crippen LogP contribution in [0.25, 0.3) is 0 Å². The third-order valence-electron chi connectivity index (χ3n) is 4.06. The smallest absolute Gasteiger partial charge is 0.311 e. The van der Waals surface area contributed by atoms with E-state index in [2.05, 4.69) is 4.74 Å². The molecule has 0 aliphatic heterocycles. The third-order valence-corrected chi connectivity index (χ3v) is 6.57. The maximum Gasteiger partial charge on any atom is 0.311 e. The Morgan fingerprint density at radius 2 is 1.10 bits per heavy atom. The van der Waals surface area contributed by atoms with E-state index in [9.17, 15) is 26.7 Å². The van der Waals surface area contributed by atoms with E-state index < -0.39 is 48.7 Å². The summed E-state index contributed by atoms with van der Waals surface area (Å²) in [6.45, 7) is 0. The van der Waals surface area contributed by atoms with Crippen molar-refractivity contribution in [3.63, 3.8) is 0 Å². The molecule has 2 nitrogen and oxygen atoms in total. The third kappa shape index (κ3) is 4.62. The number of hydrogen-bond acceptors (Lipinski definition) is 2. The molecule has 3 aromatic carbocycles. The Bertz CT molecular complexity index is 944. The molecule has 0 N–H and O–H groups in total. The summed E-state index contributed by atoms with van der Waals surface area (Å²) >= 11 is 0. The second kappa shape index (κ2) is 9.14. The Labute approximate surface area is 164 Å².